The Hall–Kier alpha value is -3.14. The maximum atomic E-state index is 11.5. The molecular formula is C23H33N5O5. The lowest BCUT2D eigenvalue weighted by Gasteiger charge is -2.35. The van der Waals surface area contributed by atoms with Gasteiger partial charge in [-0.3, -0.25) is 14.8 Å². The number of nitrogens with zero attached hydrogens (tertiary/aromatic N) is 5. The summed E-state index contributed by atoms with van der Waals surface area (Å²) in [5.41, 5.74) is 1.09. The quantitative estimate of drug-likeness (QED) is 0.223. The maximum absolute atomic E-state index is 11.5. The van der Waals surface area contributed by atoms with Crippen molar-refractivity contribution in [3.8, 4) is 5.75 Å². The number of carbonyl (C=O) groups excluding carboxylic acids is 2. The molecule has 1 atom stereocenters. The van der Waals surface area contributed by atoms with E-state index in [1.54, 1.807) is 6.92 Å². The van der Waals surface area contributed by atoms with E-state index in [4.69, 9.17) is 9.15 Å². The van der Waals surface area contributed by atoms with E-state index < -0.39 is 0 Å². The molecule has 1 aromatic heterocycles. The molecule has 0 aliphatic carbocycles. The standard InChI is InChI=1S/C23H33N5O5/c1-3-4-5-6-19(15-28(31)17-29)23-25-24-22(33-23)16-32-21-9-7-20(8-10-21)27-13-11-26(12-14-27)18(2)30/h7-10,17,19,31H,3-6,11-16H2,1-2H3/t19-/m0/s1. The number of hydrogen-bond acceptors (Lipinski definition) is 8. The van der Waals surface area contributed by atoms with E-state index in [9.17, 15) is 14.8 Å². The number of piperazine rings is 1. The molecule has 0 saturated carbocycles. The van der Waals surface area contributed by atoms with Crippen molar-refractivity contribution in [2.75, 3.05) is 37.6 Å². The zero-order valence-electron chi connectivity index (χ0n) is 19.4. The van der Waals surface area contributed by atoms with Crippen LogP contribution in [0.4, 0.5) is 5.69 Å². The molecular weight excluding hydrogens is 426 g/mol. The molecule has 1 aliphatic rings. The second-order valence-corrected chi connectivity index (χ2v) is 8.23. The van der Waals surface area contributed by atoms with Gasteiger partial charge in [-0.05, 0) is 30.7 Å². The molecule has 1 aromatic carbocycles. The largest absolute Gasteiger partial charge is 0.484 e. The van der Waals surface area contributed by atoms with Crippen LogP contribution in [0.3, 0.4) is 0 Å². The van der Waals surface area contributed by atoms with Gasteiger partial charge in [0.2, 0.25) is 18.2 Å². The Labute approximate surface area is 194 Å². The molecule has 0 spiro atoms. The molecule has 2 heterocycles. The first kappa shape index (κ1) is 24.5. The number of ether oxygens (including phenoxy) is 1. The predicted molar refractivity (Wildman–Crippen MR) is 121 cm³/mol. The number of benzene rings is 1. The smallest absolute Gasteiger partial charge is 0.253 e. The molecule has 180 valence electrons. The summed E-state index contributed by atoms with van der Waals surface area (Å²) < 4.78 is 11.5. The number of hydroxylamine groups is 2. The van der Waals surface area contributed by atoms with Gasteiger partial charge in [-0.1, -0.05) is 26.2 Å². The van der Waals surface area contributed by atoms with Crippen LogP contribution < -0.4 is 9.64 Å². The van der Waals surface area contributed by atoms with Gasteiger partial charge < -0.3 is 19.0 Å². The van der Waals surface area contributed by atoms with Gasteiger partial charge in [0, 0.05) is 38.8 Å². The Morgan fingerprint density at radius 1 is 1.21 bits per heavy atom. The third kappa shape index (κ3) is 7.18. The molecule has 1 N–H and O–H groups in total. The van der Waals surface area contributed by atoms with Gasteiger partial charge >= 0.3 is 0 Å². The van der Waals surface area contributed by atoms with E-state index in [0.717, 1.165) is 57.5 Å². The second-order valence-electron chi connectivity index (χ2n) is 8.23. The number of amides is 2. The van der Waals surface area contributed by atoms with E-state index in [-0.39, 0.29) is 25.0 Å². The van der Waals surface area contributed by atoms with Gasteiger partial charge in [0.15, 0.2) is 6.61 Å². The third-order valence-electron chi connectivity index (χ3n) is 5.81. The molecule has 0 radical (unpaired) electrons. The molecule has 2 amide bonds. The van der Waals surface area contributed by atoms with Gasteiger partial charge in [0.25, 0.3) is 5.89 Å². The molecule has 2 aromatic rings. The number of carbonyl (C=O) groups is 2. The van der Waals surface area contributed by atoms with E-state index in [1.165, 1.54) is 0 Å². The van der Waals surface area contributed by atoms with Crippen molar-refractivity contribution < 1.29 is 24.0 Å². The van der Waals surface area contributed by atoms with Crippen LogP contribution in [-0.2, 0) is 16.2 Å². The minimum Gasteiger partial charge on any atom is -0.484 e. The molecule has 1 fully saturated rings. The summed E-state index contributed by atoms with van der Waals surface area (Å²) in [7, 11) is 0. The molecule has 33 heavy (non-hydrogen) atoms. The zero-order chi connectivity index (χ0) is 23.6. The second kappa shape index (κ2) is 12.2. The number of unbranched alkanes of at least 4 members (excludes halogenated alkanes) is 2. The molecule has 3 rings (SSSR count). The van der Waals surface area contributed by atoms with Crippen molar-refractivity contribution in [3.63, 3.8) is 0 Å². The Morgan fingerprint density at radius 2 is 1.94 bits per heavy atom. The van der Waals surface area contributed by atoms with Gasteiger partial charge in [0.05, 0.1) is 12.5 Å². The molecule has 0 unspecified atom stereocenters. The molecule has 10 heteroatoms. The van der Waals surface area contributed by atoms with Crippen molar-refractivity contribution in [2.24, 2.45) is 0 Å². The highest BCUT2D eigenvalue weighted by Crippen LogP contribution is 2.24. The minimum absolute atomic E-state index is 0.109. The summed E-state index contributed by atoms with van der Waals surface area (Å²) in [6, 6.07) is 7.78. The van der Waals surface area contributed by atoms with Crippen molar-refractivity contribution in [3.05, 3.63) is 36.0 Å². The maximum Gasteiger partial charge on any atom is 0.253 e. The van der Waals surface area contributed by atoms with E-state index in [1.807, 2.05) is 29.2 Å². The topological polar surface area (TPSA) is 112 Å². The first-order valence-electron chi connectivity index (χ1n) is 11.5. The summed E-state index contributed by atoms with van der Waals surface area (Å²) in [6.45, 7) is 7.02. The van der Waals surface area contributed by atoms with Gasteiger partial charge in [-0.2, -0.15) is 0 Å². The number of rotatable bonds is 12. The summed E-state index contributed by atoms with van der Waals surface area (Å²) in [5.74, 6) is 1.31. The normalized spacial score (nSPS) is 14.8. The van der Waals surface area contributed by atoms with E-state index >= 15 is 0 Å². The fraction of sp³-hybridized carbons (Fsp3) is 0.565. The van der Waals surface area contributed by atoms with Crippen molar-refractivity contribution in [1.82, 2.24) is 20.2 Å². The first-order chi connectivity index (χ1) is 16.0. The Bertz CT molecular complexity index is 880. The predicted octanol–water partition coefficient (Wildman–Crippen LogP) is 2.83. The Kier molecular flexibility index (Phi) is 9.05. The van der Waals surface area contributed by atoms with Crippen molar-refractivity contribution in [1.29, 1.82) is 0 Å². The average Bonchev–Trinajstić information content (AvgIpc) is 3.31. The lowest BCUT2D eigenvalue weighted by atomic mass is 10.0. The van der Waals surface area contributed by atoms with Crippen LogP contribution in [0, 0.1) is 0 Å². The number of aromatic nitrogens is 2. The SMILES string of the molecule is CCCCC[C@@H](CN(O)C=O)c1nnc(COc2ccc(N3CCN(C(C)=O)CC3)cc2)o1. The average molecular weight is 460 g/mol. The van der Waals surface area contributed by atoms with Crippen molar-refractivity contribution >= 4 is 18.0 Å². The number of anilines is 1. The molecule has 1 saturated heterocycles. The van der Waals surface area contributed by atoms with Gasteiger partial charge in [0.1, 0.15) is 5.75 Å². The van der Waals surface area contributed by atoms with Gasteiger partial charge in [-0.15, -0.1) is 10.2 Å². The highest BCUT2D eigenvalue weighted by Gasteiger charge is 2.22. The van der Waals surface area contributed by atoms with Crippen LogP contribution in [0.1, 0.15) is 57.2 Å². The van der Waals surface area contributed by atoms with Crippen LogP contribution in [-0.4, -0.2) is 70.4 Å². The first-order valence-corrected chi connectivity index (χ1v) is 11.5. The van der Waals surface area contributed by atoms with Crippen LogP contribution in [0.25, 0.3) is 0 Å². The fourth-order valence-corrected chi connectivity index (χ4v) is 3.87. The summed E-state index contributed by atoms with van der Waals surface area (Å²) >= 11 is 0. The molecule has 10 nitrogen and oxygen atoms in total. The highest BCUT2D eigenvalue weighted by atomic mass is 16.5. The Balaban J connectivity index is 1.52. The fourth-order valence-electron chi connectivity index (χ4n) is 3.87. The van der Waals surface area contributed by atoms with Crippen LogP contribution in [0.5, 0.6) is 5.75 Å². The molecule has 1 aliphatic heterocycles. The van der Waals surface area contributed by atoms with E-state index in [2.05, 4.69) is 22.0 Å². The zero-order valence-corrected chi connectivity index (χ0v) is 19.4. The summed E-state index contributed by atoms with van der Waals surface area (Å²) in [6.07, 6.45) is 4.18. The summed E-state index contributed by atoms with van der Waals surface area (Å²) in [5, 5.41) is 18.4. The van der Waals surface area contributed by atoms with Crippen molar-refractivity contribution in [2.45, 2.75) is 52.1 Å². The van der Waals surface area contributed by atoms with Gasteiger partial charge in [-0.25, -0.2) is 5.06 Å². The van der Waals surface area contributed by atoms with Crippen LogP contribution in [0.2, 0.25) is 0 Å². The third-order valence-corrected chi connectivity index (χ3v) is 5.81. The number of hydrogen-bond donors (Lipinski definition) is 1. The lowest BCUT2D eigenvalue weighted by molar-refractivity contribution is -0.151. The van der Waals surface area contributed by atoms with E-state index in [0.29, 0.717) is 29.0 Å². The molecule has 0 bridgehead atoms. The minimum atomic E-state index is -0.226. The Morgan fingerprint density at radius 3 is 2.58 bits per heavy atom. The monoisotopic (exact) mass is 459 g/mol. The highest BCUT2D eigenvalue weighted by molar-refractivity contribution is 5.73. The summed E-state index contributed by atoms with van der Waals surface area (Å²) in [4.78, 5) is 26.4. The van der Waals surface area contributed by atoms with Crippen LogP contribution >= 0.6 is 0 Å². The van der Waals surface area contributed by atoms with Crippen LogP contribution in [0.15, 0.2) is 28.7 Å². The lowest BCUT2D eigenvalue weighted by Crippen LogP contribution is -2.48.